The summed E-state index contributed by atoms with van der Waals surface area (Å²) in [5.74, 6) is -0.353. The van der Waals surface area contributed by atoms with Gasteiger partial charge in [-0.15, -0.1) is 0 Å². The molecule has 0 aliphatic heterocycles. The van der Waals surface area contributed by atoms with Crippen LogP contribution in [-0.4, -0.2) is 51.1 Å². The van der Waals surface area contributed by atoms with Gasteiger partial charge in [-0.05, 0) is 12.8 Å². The lowest BCUT2D eigenvalue weighted by Crippen LogP contribution is -2.41. The lowest BCUT2D eigenvalue weighted by molar-refractivity contribution is -0.125. The molecule has 0 heterocycles. The van der Waals surface area contributed by atoms with Gasteiger partial charge in [0.1, 0.15) is 0 Å². The topological polar surface area (TPSA) is 92.5 Å². The lowest BCUT2D eigenvalue weighted by atomic mass is 10.0. The van der Waals surface area contributed by atoms with Crippen LogP contribution in [-0.2, 0) is 14.8 Å². The molecule has 2 atom stereocenters. The molecule has 17 heavy (non-hydrogen) atoms. The maximum atomic E-state index is 11.7. The summed E-state index contributed by atoms with van der Waals surface area (Å²) in [6.07, 6.45) is 2.64. The number of nitrogens with two attached hydrogens (primary N) is 1. The van der Waals surface area contributed by atoms with Crippen molar-refractivity contribution >= 4 is 15.9 Å². The molecule has 0 aromatic carbocycles. The van der Waals surface area contributed by atoms with Crippen LogP contribution in [0.4, 0.5) is 0 Å². The number of hydrogen-bond acceptors (Lipinski definition) is 4. The molecular formula is C10H21N3O3S. The van der Waals surface area contributed by atoms with Crippen molar-refractivity contribution in [3.8, 4) is 0 Å². The van der Waals surface area contributed by atoms with E-state index in [1.807, 2.05) is 0 Å². The Bertz CT molecular complexity index is 367. The van der Waals surface area contributed by atoms with Crippen LogP contribution in [0.15, 0.2) is 0 Å². The third-order valence-corrected chi connectivity index (χ3v) is 4.95. The van der Waals surface area contributed by atoms with E-state index in [-0.39, 0.29) is 30.2 Å². The Morgan fingerprint density at radius 1 is 1.41 bits per heavy atom. The molecule has 6 nitrogen and oxygen atoms in total. The number of carbonyl (C=O) groups excluding carboxylic acids is 1. The van der Waals surface area contributed by atoms with Gasteiger partial charge < -0.3 is 11.1 Å². The van der Waals surface area contributed by atoms with Crippen LogP contribution >= 0.6 is 0 Å². The van der Waals surface area contributed by atoms with Crippen molar-refractivity contribution in [2.45, 2.75) is 25.3 Å². The number of nitrogens with zero attached hydrogens (tertiary/aromatic N) is 1. The first-order valence-corrected chi connectivity index (χ1v) is 7.39. The van der Waals surface area contributed by atoms with E-state index in [9.17, 15) is 13.2 Å². The van der Waals surface area contributed by atoms with E-state index >= 15 is 0 Å². The summed E-state index contributed by atoms with van der Waals surface area (Å²) >= 11 is 0. The van der Waals surface area contributed by atoms with E-state index in [0.29, 0.717) is 0 Å². The van der Waals surface area contributed by atoms with Crippen molar-refractivity contribution in [1.82, 2.24) is 9.62 Å². The van der Waals surface area contributed by atoms with Gasteiger partial charge in [0.15, 0.2) is 0 Å². The van der Waals surface area contributed by atoms with Crippen LogP contribution in [0.5, 0.6) is 0 Å². The molecule has 0 aromatic rings. The largest absolute Gasteiger partial charge is 0.355 e. The predicted octanol–water partition coefficient (Wildman–Crippen LogP) is -0.879. The molecule has 1 aliphatic carbocycles. The maximum absolute atomic E-state index is 11.7. The van der Waals surface area contributed by atoms with Crippen molar-refractivity contribution in [2.75, 3.05) is 26.4 Å². The fourth-order valence-corrected chi connectivity index (χ4v) is 2.66. The fourth-order valence-electron chi connectivity index (χ4n) is 1.93. The Balaban J connectivity index is 2.34. The van der Waals surface area contributed by atoms with Crippen LogP contribution in [0.3, 0.4) is 0 Å². The first-order chi connectivity index (χ1) is 7.84. The Labute approximate surface area is 103 Å². The highest BCUT2D eigenvalue weighted by Gasteiger charge is 2.30. The Morgan fingerprint density at radius 3 is 2.53 bits per heavy atom. The zero-order valence-electron chi connectivity index (χ0n) is 10.3. The van der Waals surface area contributed by atoms with Gasteiger partial charge in [-0.25, -0.2) is 12.7 Å². The van der Waals surface area contributed by atoms with E-state index in [2.05, 4.69) is 5.32 Å². The number of nitrogens with one attached hydrogen (secondary N) is 1. The minimum Gasteiger partial charge on any atom is -0.355 e. The average Bonchev–Trinajstić information content (AvgIpc) is 2.63. The van der Waals surface area contributed by atoms with Gasteiger partial charge in [0.2, 0.25) is 15.9 Å². The van der Waals surface area contributed by atoms with Gasteiger partial charge >= 0.3 is 0 Å². The summed E-state index contributed by atoms with van der Waals surface area (Å²) in [4.78, 5) is 11.7. The number of hydrogen-bond donors (Lipinski definition) is 2. The minimum absolute atomic E-state index is 0.0757. The molecule has 0 bridgehead atoms. The highest BCUT2D eigenvalue weighted by molar-refractivity contribution is 7.89. The summed E-state index contributed by atoms with van der Waals surface area (Å²) < 4.78 is 24.0. The Morgan fingerprint density at radius 2 is 2.06 bits per heavy atom. The molecule has 1 saturated carbocycles. The van der Waals surface area contributed by atoms with Gasteiger partial charge in [0, 0.05) is 26.7 Å². The summed E-state index contributed by atoms with van der Waals surface area (Å²) in [7, 11) is -0.291. The van der Waals surface area contributed by atoms with Crippen molar-refractivity contribution in [3.63, 3.8) is 0 Å². The number of amides is 1. The highest BCUT2D eigenvalue weighted by Crippen LogP contribution is 2.23. The summed E-state index contributed by atoms with van der Waals surface area (Å²) in [5.41, 5.74) is 5.80. The van der Waals surface area contributed by atoms with Crippen LogP contribution in [0, 0.1) is 5.92 Å². The summed E-state index contributed by atoms with van der Waals surface area (Å²) in [6, 6.07) is -0.0829. The molecule has 3 N–H and O–H groups in total. The Hall–Kier alpha value is -0.660. The van der Waals surface area contributed by atoms with E-state index in [1.54, 1.807) is 0 Å². The van der Waals surface area contributed by atoms with Crippen LogP contribution < -0.4 is 11.1 Å². The zero-order chi connectivity index (χ0) is 13.1. The SMILES string of the molecule is CN(C)S(=O)(=O)CCNC(=O)C1CCCC1N. The molecule has 0 spiro atoms. The Kier molecular flexibility index (Phi) is 4.91. The monoisotopic (exact) mass is 263 g/mol. The first-order valence-electron chi connectivity index (χ1n) is 5.78. The fraction of sp³-hybridized carbons (Fsp3) is 0.900. The molecule has 1 fully saturated rings. The van der Waals surface area contributed by atoms with Crippen LogP contribution in [0.25, 0.3) is 0 Å². The number of carbonyl (C=O) groups is 1. The molecule has 0 aromatic heterocycles. The third kappa shape index (κ3) is 3.93. The van der Waals surface area contributed by atoms with E-state index in [4.69, 9.17) is 5.73 Å². The molecule has 0 radical (unpaired) electrons. The van der Waals surface area contributed by atoms with E-state index in [1.165, 1.54) is 14.1 Å². The molecule has 0 saturated heterocycles. The zero-order valence-corrected chi connectivity index (χ0v) is 11.2. The van der Waals surface area contributed by atoms with Crippen molar-refractivity contribution in [1.29, 1.82) is 0 Å². The molecule has 1 rings (SSSR count). The molecule has 100 valence electrons. The van der Waals surface area contributed by atoms with E-state index < -0.39 is 10.0 Å². The van der Waals surface area contributed by atoms with Crippen LogP contribution in [0.1, 0.15) is 19.3 Å². The minimum atomic E-state index is -3.24. The normalized spacial score (nSPS) is 25.2. The van der Waals surface area contributed by atoms with Gasteiger partial charge in [-0.1, -0.05) is 6.42 Å². The molecule has 1 amide bonds. The first kappa shape index (κ1) is 14.4. The van der Waals surface area contributed by atoms with E-state index in [0.717, 1.165) is 23.6 Å². The third-order valence-electron chi connectivity index (χ3n) is 3.12. The average molecular weight is 263 g/mol. The smallest absolute Gasteiger partial charge is 0.224 e. The second-order valence-electron chi connectivity index (χ2n) is 4.59. The highest BCUT2D eigenvalue weighted by atomic mass is 32.2. The molecular weight excluding hydrogens is 242 g/mol. The second-order valence-corrected chi connectivity index (χ2v) is 6.89. The van der Waals surface area contributed by atoms with Crippen molar-refractivity contribution < 1.29 is 13.2 Å². The molecule has 1 aliphatic rings. The van der Waals surface area contributed by atoms with Gasteiger partial charge in [0.05, 0.1) is 11.7 Å². The summed E-state index contributed by atoms with van der Waals surface area (Å²) in [6.45, 7) is 0.141. The van der Waals surface area contributed by atoms with Crippen LogP contribution in [0.2, 0.25) is 0 Å². The standard InChI is InChI=1S/C10H21N3O3S/c1-13(2)17(15,16)7-6-12-10(14)8-4-3-5-9(8)11/h8-9H,3-7,11H2,1-2H3,(H,12,14). The molecule has 2 unspecified atom stereocenters. The predicted molar refractivity (Wildman–Crippen MR) is 65.8 cm³/mol. The van der Waals surface area contributed by atoms with Crippen molar-refractivity contribution in [2.24, 2.45) is 11.7 Å². The number of sulfonamides is 1. The van der Waals surface area contributed by atoms with Gasteiger partial charge in [-0.2, -0.15) is 0 Å². The molecule has 7 heteroatoms. The quantitative estimate of drug-likeness (QED) is 0.674. The number of rotatable bonds is 5. The second kappa shape index (κ2) is 5.79. The van der Waals surface area contributed by atoms with Gasteiger partial charge in [0.25, 0.3) is 0 Å². The lowest BCUT2D eigenvalue weighted by Gasteiger charge is -2.16. The summed E-state index contributed by atoms with van der Waals surface area (Å²) in [5, 5.41) is 2.64. The van der Waals surface area contributed by atoms with Crippen molar-refractivity contribution in [3.05, 3.63) is 0 Å². The maximum Gasteiger partial charge on any atom is 0.224 e. The van der Waals surface area contributed by atoms with Gasteiger partial charge in [-0.3, -0.25) is 4.79 Å².